The molecule has 96 valence electrons. The van der Waals surface area contributed by atoms with Crippen molar-refractivity contribution in [1.82, 2.24) is 0 Å². The third-order valence-corrected chi connectivity index (χ3v) is 4.63. The SMILES string of the molecule is COc1ccc2c(c1)CC[C@H]([C@H]1CCC(=O)C1)C2. The second-order valence-corrected chi connectivity index (χ2v) is 5.68. The summed E-state index contributed by atoms with van der Waals surface area (Å²) in [6.07, 6.45) is 6.29. The largest absolute Gasteiger partial charge is 0.497 e. The first-order valence-electron chi connectivity index (χ1n) is 6.94. The predicted octanol–water partition coefficient (Wildman–Crippen LogP) is 3.17. The van der Waals surface area contributed by atoms with Crippen LogP contribution in [0.3, 0.4) is 0 Å². The molecule has 1 saturated carbocycles. The van der Waals surface area contributed by atoms with Crippen LogP contribution in [-0.4, -0.2) is 12.9 Å². The Morgan fingerprint density at radius 2 is 1.83 bits per heavy atom. The highest BCUT2D eigenvalue weighted by atomic mass is 16.5. The number of carbonyl (C=O) groups excluding carboxylic acids is 1. The average Bonchev–Trinajstić information content (AvgIpc) is 2.84. The van der Waals surface area contributed by atoms with Crippen molar-refractivity contribution in [1.29, 1.82) is 0 Å². The number of methoxy groups -OCH3 is 1. The van der Waals surface area contributed by atoms with Crippen LogP contribution in [-0.2, 0) is 17.6 Å². The molecule has 0 bridgehead atoms. The molecule has 1 aromatic rings. The average molecular weight is 244 g/mol. The van der Waals surface area contributed by atoms with E-state index in [4.69, 9.17) is 4.74 Å². The highest BCUT2D eigenvalue weighted by molar-refractivity contribution is 5.80. The molecule has 0 amide bonds. The summed E-state index contributed by atoms with van der Waals surface area (Å²) in [4.78, 5) is 11.4. The third-order valence-electron chi connectivity index (χ3n) is 4.63. The molecule has 2 heteroatoms. The highest BCUT2D eigenvalue weighted by Gasteiger charge is 2.31. The minimum Gasteiger partial charge on any atom is -0.497 e. The van der Waals surface area contributed by atoms with Crippen molar-refractivity contribution in [2.75, 3.05) is 7.11 Å². The van der Waals surface area contributed by atoms with Crippen LogP contribution >= 0.6 is 0 Å². The number of rotatable bonds is 2. The molecule has 0 aromatic heterocycles. The Morgan fingerprint density at radius 3 is 2.56 bits per heavy atom. The summed E-state index contributed by atoms with van der Waals surface area (Å²) in [7, 11) is 1.72. The van der Waals surface area contributed by atoms with Gasteiger partial charge in [0.1, 0.15) is 11.5 Å². The Hall–Kier alpha value is -1.31. The van der Waals surface area contributed by atoms with E-state index < -0.39 is 0 Å². The highest BCUT2D eigenvalue weighted by Crippen LogP contribution is 2.38. The van der Waals surface area contributed by atoms with Gasteiger partial charge in [-0.1, -0.05) is 6.07 Å². The molecule has 0 radical (unpaired) electrons. The van der Waals surface area contributed by atoms with Crippen LogP contribution in [0, 0.1) is 11.8 Å². The number of aryl methyl sites for hydroxylation is 1. The van der Waals surface area contributed by atoms with E-state index in [0.29, 0.717) is 11.7 Å². The first kappa shape index (κ1) is 11.8. The maximum atomic E-state index is 11.4. The Labute approximate surface area is 108 Å². The van der Waals surface area contributed by atoms with Crippen molar-refractivity contribution < 1.29 is 9.53 Å². The lowest BCUT2D eigenvalue weighted by atomic mass is 9.76. The standard InChI is InChI=1S/C16H20O2/c1-18-16-7-5-12-8-11(2-3-14(12)10-16)13-4-6-15(17)9-13/h5,7,10-11,13H,2-4,6,8-9H2,1H3/t11-,13-/m0/s1. The molecule has 0 saturated heterocycles. The van der Waals surface area contributed by atoms with Gasteiger partial charge in [0.2, 0.25) is 0 Å². The maximum Gasteiger partial charge on any atom is 0.133 e. The fourth-order valence-corrected chi connectivity index (χ4v) is 3.53. The smallest absolute Gasteiger partial charge is 0.133 e. The van der Waals surface area contributed by atoms with Crippen LogP contribution in [0.4, 0.5) is 0 Å². The Bertz CT molecular complexity index is 464. The minimum absolute atomic E-state index is 0.473. The lowest BCUT2D eigenvalue weighted by molar-refractivity contribution is -0.117. The summed E-state index contributed by atoms with van der Waals surface area (Å²) < 4.78 is 5.28. The molecule has 2 atom stereocenters. The molecule has 0 unspecified atom stereocenters. The molecule has 2 aliphatic carbocycles. The zero-order chi connectivity index (χ0) is 12.5. The summed E-state index contributed by atoms with van der Waals surface area (Å²) >= 11 is 0. The lowest BCUT2D eigenvalue weighted by Gasteiger charge is -2.29. The molecule has 18 heavy (non-hydrogen) atoms. The van der Waals surface area contributed by atoms with Crippen LogP contribution in [0.5, 0.6) is 5.75 Å². The number of carbonyl (C=O) groups is 1. The Morgan fingerprint density at radius 1 is 1.06 bits per heavy atom. The second kappa shape index (κ2) is 4.75. The van der Waals surface area contributed by atoms with Crippen molar-refractivity contribution in [3.05, 3.63) is 29.3 Å². The van der Waals surface area contributed by atoms with Gasteiger partial charge >= 0.3 is 0 Å². The first-order chi connectivity index (χ1) is 8.76. The van der Waals surface area contributed by atoms with Gasteiger partial charge in [0.15, 0.2) is 0 Å². The molecule has 1 fully saturated rings. The summed E-state index contributed by atoms with van der Waals surface area (Å²) in [6, 6.07) is 6.43. The number of hydrogen-bond acceptors (Lipinski definition) is 2. The van der Waals surface area contributed by atoms with Gasteiger partial charge in [-0.15, -0.1) is 0 Å². The number of fused-ring (bicyclic) bond motifs is 1. The minimum atomic E-state index is 0.473. The lowest BCUT2D eigenvalue weighted by Crippen LogP contribution is -2.21. The first-order valence-corrected chi connectivity index (χ1v) is 6.94. The molecule has 1 aromatic carbocycles. The Balaban J connectivity index is 1.75. The molecule has 3 rings (SSSR count). The van der Waals surface area contributed by atoms with Gasteiger partial charge in [-0.2, -0.15) is 0 Å². The zero-order valence-electron chi connectivity index (χ0n) is 10.9. The normalized spacial score (nSPS) is 27.1. The summed E-state index contributed by atoms with van der Waals surface area (Å²) in [5.74, 6) is 2.80. The van der Waals surface area contributed by atoms with Crippen molar-refractivity contribution >= 4 is 5.78 Å². The second-order valence-electron chi connectivity index (χ2n) is 5.68. The molecule has 0 heterocycles. The fraction of sp³-hybridized carbons (Fsp3) is 0.562. The van der Waals surface area contributed by atoms with E-state index in [1.54, 1.807) is 7.11 Å². The third kappa shape index (κ3) is 2.16. The van der Waals surface area contributed by atoms with E-state index in [1.807, 2.05) is 0 Å². The maximum absolute atomic E-state index is 11.4. The fourth-order valence-electron chi connectivity index (χ4n) is 3.53. The van der Waals surface area contributed by atoms with E-state index in [1.165, 1.54) is 17.5 Å². The van der Waals surface area contributed by atoms with Gasteiger partial charge in [0.25, 0.3) is 0 Å². The Kier molecular flexibility index (Phi) is 3.11. The van der Waals surface area contributed by atoms with Gasteiger partial charge in [0, 0.05) is 12.8 Å². The monoisotopic (exact) mass is 244 g/mol. The van der Waals surface area contributed by atoms with Gasteiger partial charge in [0.05, 0.1) is 7.11 Å². The van der Waals surface area contributed by atoms with E-state index in [2.05, 4.69) is 18.2 Å². The van der Waals surface area contributed by atoms with Gasteiger partial charge in [-0.25, -0.2) is 0 Å². The summed E-state index contributed by atoms with van der Waals surface area (Å²) in [5, 5.41) is 0. The number of benzene rings is 1. The number of ketones is 1. The zero-order valence-corrected chi connectivity index (χ0v) is 10.9. The van der Waals surface area contributed by atoms with Crippen molar-refractivity contribution in [2.24, 2.45) is 11.8 Å². The summed E-state index contributed by atoms with van der Waals surface area (Å²) in [6.45, 7) is 0. The molecular formula is C16H20O2. The van der Waals surface area contributed by atoms with Crippen LogP contribution in [0.15, 0.2) is 18.2 Å². The van der Waals surface area contributed by atoms with Crippen LogP contribution in [0.1, 0.15) is 36.8 Å². The van der Waals surface area contributed by atoms with Crippen LogP contribution < -0.4 is 4.74 Å². The quantitative estimate of drug-likeness (QED) is 0.798. The van der Waals surface area contributed by atoms with Gasteiger partial charge in [-0.05, 0) is 60.8 Å². The molecule has 0 aliphatic heterocycles. The van der Waals surface area contributed by atoms with Gasteiger partial charge in [-0.3, -0.25) is 4.79 Å². The van der Waals surface area contributed by atoms with Gasteiger partial charge < -0.3 is 4.74 Å². The van der Waals surface area contributed by atoms with E-state index >= 15 is 0 Å². The molecular weight excluding hydrogens is 224 g/mol. The number of Topliss-reactive ketones (excluding diaryl/α,β-unsaturated/α-hetero) is 1. The summed E-state index contributed by atoms with van der Waals surface area (Å²) in [5.41, 5.74) is 2.90. The van der Waals surface area contributed by atoms with E-state index in [9.17, 15) is 4.79 Å². The van der Waals surface area contributed by atoms with Crippen molar-refractivity contribution in [3.8, 4) is 5.75 Å². The van der Waals surface area contributed by atoms with Crippen LogP contribution in [0.25, 0.3) is 0 Å². The molecule has 0 N–H and O–H groups in total. The molecule has 2 nitrogen and oxygen atoms in total. The van der Waals surface area contributed by atoms with Crippen molar-refractivity contribution in [3.63, 3.8) is 0 Å². The topological polar surface area (TPSA) is 26.3 Å². The van der Waals surface area contributed by atoms with E-state index in [-0.39, 0.29) is 0 Å². The molecule has 2 aliphatic rings. The molecule has 0 spiro atoms. The van der Waals surface area contributed by atoms with Crippen molar-refractivity contribution in [2.45, 2.75) is 38.5 Å². The van der Waals surface area contributed by atoms with E-state index in [0.717, 1.165) is 43.8 Å². The predicted molar refractivity (Wildman–Crippen MR) is 70.9 cm³/mol. The number of ether oxygens (including phenoxy) is 1. The number of hydrogen-bond donors (Lipinski definition) is 0. The van der Waals surface area contributed by atoms with Crippen LogP contribution in [0.2, 0.25) is 0 Å².